The summed E-state index contributed by atoms with van der Waals surface area (Å²) in [5.41, 5.74) is 3.31. The minimum Gasteiger partial charge on any atom is -0.493 e. The molecule has 0 radical (unpaired) electrons. The van der Waals surface area contributed by atoms with Crippen LogP contribution in [0.4, 0.5) is 5.69 Å². The number of ether oxygens (including phenoxy) is 2. The molecule has 1 atom stereocenters. The Balaban J connectivity index is 1.90. The molecule has 1 N–H and O–H groups in total. The molecule has 1 unspecified atom stereocenters. The van der Waals surface area contributed by atoms with E-state index < -0.39 is 6.04 Å². The Morgan fingerprint density at radius 2 is 1.77 bits per heavy atom. The standard InChI is InChI=1S/C21H25N5O4/c1-12-20(13(2)25(4)23-12)16-8-10-19(27)26(24-16)14(3)21(28)22-15-7-9-17(29-5)18(11-15)30-6/h7-11,14H,1-6H3,(H,22,28). The topological polar surface area (TPSA) is 100 Å². The highest BCUT2D eigenvalue weighted by atomic mass is 16.5. The Bertz CT molecular complexity index is 1150. The van der Waals surface area contributed by atoms with Gasteiger partial charge in [-0.1, -0.05) is 0 Å². The summed E-state index contributed by atoms with van der Waals surface area (Å²) in [5, 5.41) is 11.6. The van der Waals surface area contributed by atoms with Crippen molar-refractivity contribution < 1.29 is 14.3 Å². The van der Waals surface area contributed by atoms with E-state index in [1.54, 1.807) is 35.9 Å². The molecule has 0 spiro atoms. The number of carbonyl (C=O) groups is 1. The number of nitrogens with one attached hydrogen (secondary N) is 1. The molecule has 0 aliphatic heterocycles. The normalized spacial score (nSPS) is 11.8. The molecule has 0 fully saturated rings. The molecule has 1 amide bonds. The van der Waals surface area contributed by atoms with Crippen molar-refractivity contribution in [3.05, 3.63) is 52.1 Å². The van der Waals surface area contributed by atoms with Gasteiger partial charge in [-0.05, 0) is 39.0 Å². The molecule has 0 saturated carbocycles. The van der Waals surface area contributed by atoms with Gasteiger partial charge in [-0.25, -0.2) is 4.68 Å². The van der Waals surface area contributed by atoms with Crippen LogP contribution in [0, 0.1) is 13.8 Å². The van der Waals surface area contributed by atoms with Gasteiger partial charge in [0.25, 0.3) is 5.56 Å². The molecule has 2 heterocycles. The van der Waals surface area contributed by atoms with Crippen LogP contribution in [0.15, 0.2) is 35.1 Å². The van der Waals surface area contributed by atoms with E-state index >= 15 is 0 Å². The second-order valence-electron chi connectivity index (χ2n) is 6.91. The summed E-state index contributed by atoms with van der Waals surface area (Å²) >= 11 is 0. The predicted octanol–water partition coefficient (Wildman–Crippen LogP) is 2.48. The number of carbonyl (C=O) groups excluding carboxylic acids is 1. The zero-order valence-electron chi connectivity index (χ0n) is 17.9. The molecule has 3 aromatic rings. The summed E-state index contributed by atoms with van der Waals surface area (Å²) in [4.78, 5) is 25.2. The molecule has 0 bridgehead atoms. The molecule has 9 heteroatoms. The Morgan fingerprint density at radius 1 is 1.07 bits per heavy atom. The molecule has 0 aliphatic carbocycles. The summed E-state index contributed by atoms with van der Waals surface area (Å²) in [7, 11) is 4.90. The van der Waals surface area contributed by atoms with Gasteiger partial charge in [-0.15, -0.1) is 0 Å². The van der Waals surface area contributed by atoms with Crippen LogP contribution in [0.3, 0.4) is 0 Å². The lowest BCUT2D eigenvalue weighted by molar-refractivity contribution is -0.119. The number of hydrogen-bond acceptors (Lipinski definition) is 6. The van der Waals surface area contributed by atoms with Crippen LogP contribution in [-0.4, -0.2) is 39.7 Å². The number of aromatic nitrogens is 4. The van der Waals surface area contributed by atoms with E-state index in [-0.39, 0.29) is 11.5 Å². The number of rotatable bonds is 6. The first-order chi connectivity index (χ1) is 14.3. The second-order valence-corrected chi connectivity index (χ2v) is 6.91. The number of hydrogen-bond donors (Lipinski definition) is 1. The minimum absolute atomic E-state index is 0.368. The lowest BCUT2D eigenvalue weighted by atomic mass is 10.1. The van der Waals surface area contributed by atoms with E-state index in [1.807, 2.05) is 20.9 Å². The fourth-order valence-electron chi connectivity index (χ4n) is 3.25. The number of methoxy groups -OCH3 is 2. The van der Waals surface area contributed by atoms with Gasteiger partial charge in [-0.2, -0.15) is 10.2 Å². The van der Waals surface area contributed by atoms with Crippen molar-refractivity contribution >= 4 is 11.6 Å². The summed E-state index contributed by atoms with van der Waals surface area (Å²) < 4.78 is 13.4. The second kappa shape index (κ2) is 8.40. The average Bonchev–Trinajstić information content (AvgIpc) is 2.99. The van der Waals surface area contributed by atoms with E-state index in [2.05, 4.69) is 15.5 Å². The maximum atomic E-state index is 12.8. The van der Waals surface area contributed by atoms with E-state index in [0.717, 1.165) is 17.0 Å². The van der Waals surface area contributed by atoms with Gasteiger partial charge in [0.05, 0.1) is 25.6 Å². The van der Waals surface area contributed by atoms with Gasteiger partial charge in [0.2, 0.25) is 5.91 Å². The Labute approximate surface area is 174 Å². The van der Waals surface area contributed by atoms with Crippen molar-refractivity contribution in [3.63, 3.8) is 0 Å². The van der Waals surface area contributed by atoms with Crippen LogP contribution in [0.1, 0.15) is 24.4 Å². The first-order valence-electron chi connectivity index (χ1n) is 9.40. The molecule has 0 aliphatic rings. The van der Waals surface area contributed by atoms with Gasteiger partial charge >= 0.3 is 0 Å². The van der Waals surface area contributed by atoms with Gasteiger partial charge in [0.15, 0.2) is 11.5 Å². The molecule has 2 aromatic heterocycles. The Kier molecular flexibility index (Phi) is 5.91. The molecule has 158 valence electrons. The summed E-state index contributed by atoms with van der Waals surface area (Å²) in [6.45, 7) is 5.43. The van der Waals surface area contributed by atoms with Gasteiger partial charge in [0, 0.05) is 36.1 Å². The fourth-order valence-corrected chi connectivity index (χ4v) is 3.25. The molecule has 9 nitrogen and oxygen atoms in total. The van der Waals surface area contributed by atoms with Crippen molar-refractivity contribution in [2.24, 2.45) is 7.05 Å². The van der Waals surface area contributed by atoms with Gasteiger partial charge in [-0.3, -0.25) is 14.3 Å². The molecule has 30 heavy (non-hydrogen) atoms. The van der Waals surface area contributed by atoms with Crippen molar-refractivity contribution in [2.45, 2.75) is 26.8 Å². The van der Waals surface area contributed by atoms with E-state index in [1.165, 1.54) is 25.0 Å². The summed E-state index contributed by atoms with van der Waals surface area (Å²) in [5.74, 6) is 0.660. The van der Waals surface area contributed by atoms with Crippen molar-refractivity contribution in [2.75, 3.05) is 19.5 Å². The summed E-state index contributed by atoms with van der Waals surface area (Å²) in [6.07, 6.45) is 0. The highest BCUT2D eigenvalue weighted by Crippen LogP contribution is 2.30. The SMILES string of the molecule is COc1ccc(NC(=O)C(C)n2nc(-c3c(C)nn(C)c3C)ccc2=O)cc1OC. The van der Waals surface area contributed by atoms with E-state index in [0.29, 0.717) is 22.9 Å². The highest BCUT2D eigenvalue weighted by Gasteiger charge is 2.21. The monoisotopic (exact) mass is 411 g/mol. The molecule has 3 rings (SSSR count). The van der Waals surface area contributed by atoms with Crippen LogP contribution in [0.2, 0.25) is 0 Å². The fraction of sp³-hybridized carbons (Fsp3) is 0.333. The van der Waals surface area contributed by atoms with Gasteiger partial charge < -0.3 is 14.8 Å². The van der Waals surface area contributed by atoms with Crippen molar-refractivity contribution in [3.8, 4) is 22.8 Å². The molecule has 0 saturated heterocycles. The van der Waals surface area contributed by atoms with Gasteiger partial charge in [0.1, 0.15) is 6.04 Å². The Hall–Kier alpha value is -3.62. The first-order valence-corrected chi connectivity index (χ1v) is 9.40. The number of amides is 1. The lowest BCUT2D eigenvalue weighted by Crippen LogP contribution is -2.33. The number of benzene rings is 1. The maximum absolute atomic E-state index is 12.8. The number of aryl methyl sites for hydroxylation is 2. The Morgan fingerprint density at radius 3 is 2.37 bits per heavy atom. The van der Waals surface area contributed by atoms with Crippen LogP contribution in [0.5, 0.6) is 11.5 Å². The predicted molar refractivity (Wildman–Crippen MR) is 113 cm³/mol. The average molecular weight is 411 g/mol. The van der Waals surface area contributed by atoms with Crippen LogP contribution in [-0.2, 0) is 11.8 Å². The minimum atomic E-state index is -0.831. The maximum Gasteiger partial charge on any atom is 0.267 e. The number of nitrogens with zero attached hydrogens (tertiary/aromatic N) is 4. The quantitative estimate of drug-likeness (QED) is 0.669. The zero-order chi connectivity index (χ0) is 22.0. The van der Waals surface area contributed by atoms with Crippen molar-refractivity contribution in [1.82, 2.24) is 19.6 Å². The highest BCUT2D eigenvalue weighted by molar-refractivity contribution is 5.93. The zero-order valence-corrected chi connectivity index (χ0v) is 17.9. The molecular formula is C21H25N5O4. The van der Waals surface area contributed by atoms with Crippen LogP contribution < -0.4 is 20.3 Å². The third kappa shape index (κ3) is 3.91. The largest absolute Gasteiger partial charge is 0.493 e. The van der Waals surface area contributed by atoms with E-state index in [4.69, 9.17) is 9.47 Å². The number of anilines is 1. The smallest absolute Gasteiger partial charge is 0.267 e. The van der Waals surface area contributed by atoms with Crippen molar-refractivity contribution in [1.29, 1.82) is 0 Å². The third-order valence-corrected chi connectivity index (χ3v) is 4.99. The van der Waals surface area contributed by atoms with Crippen LogP contribution in [0.25, 0.3) is 11.3 Å². The molecule has 1 aromatic carbocycles. The lowest BCUT2D eigenvalue weighted by Gasteiger charge is -2.16. The first kappa shape index (κ1) is 21.1. The van der Waals surface area contributed by atoms with E-state index in [9.17, 15) is 9.59 Å². The third-order valence-electron chi connectivity index (χ3n) is 4.99. The molecular weight excluding hydrogens is 386 g/mol. The summed E-state index contributed by atoms with van der Waals surface area (Å²) in [6, 6.07) is 7.27. The van der Waals surface area contributed by atoms with Crippen LogP contribution >= 0.6 is 0 Å².